The Balaban J connectivity index is 1.69. The topological polar surface area (TPSA) is 28.0 Å². The minimum Gasteiger partial charge on any atom is -0.310 e. The summed E-state index contributed by atoms with van der Waals surface area (Å²) in [6.07, 6.45) is 1.73. The number of rotatable bonds is 7. The summed E-state index contributed by atoms with van der Waals surface area (Å²) in [4.78, 5) is 2.31. The molecule has 0 aromatic heterocycles. The average Bonchev–Trinajstić information content (AvgIpc) is 2.88. The quantitative estimate of drug-likeness (QED) is 0.209. The molecule has 0 amide bonds. The van der Waals surface area contributed by atoms with Gasteiger partial charge in [0.1, 0.15) is 0 Å². The van der Waals surface area contributed by atoms with Gasteiger partial charge in [0.15, 0.2) is 0 Å². The molecule has 3 nitrogen and oxygen atoms in total. The summed E-state index contributed by atoms with van der Waals surface area (Å²) < 4.78 is 0. The number of para-hydroxylation sites is 2. The zero-order valence-corrected chi connectivity index (χ0v) is 19.9. The summed E-state index contributed by atoms with van der Waals surface area (Å²) in [7, 11) is 0. The Morgan fingerprint density at radius 3 is 1.71 bits per heavy atom. The first-order valence-corrected chi connectivity index (χ1v) is 11.4. The third-order valence-corrected chi connectivity index (χ3v) is 5.83. The van der Waals surface area contributed by atoms with Crippen LogP contribution in [0.25, 0.3) is 0 Å². The van der Waals surface area contributed by atoms with E-state index in [1.54, 1.807) is 6.08 Å². The fourth-order valence-corrected chi connectivity index (χ4v) is 3.90. The van der Waals surface area contributed by atoms with Gasteiger partial charge in [-0.3, -0.25) is 0 Å². The highest BCUT2D eigenvalue weighted by atomic mass is 15.2. The normalized spacial score (nSPS) is 11.9. The van der Waals surface area contributed by atoms with Gasteiger partial charge in [0.05, 0.1) is 11.4 Å². The zero-order chi connectivity index (χ0) is 23.9. The SMILES string of the molecule is C=C/C(=N\N=C(/C)c1ccc(N(c2ccccc2C)c2ccccc2C)cc1)c1ccccc1. The molecule has 0 atom stereocenters. The van der Waals surface area contributed by atoms with E-state index in [0.717, 1.165) is 39.6 Å². The lowest BCUT2D eigenvalue weighted by Gasteiger charge is -2.28. The van der Waals surface area contributed by atoms with Gasteiger partial charge in [-0.2, -0.15) is 10.2 Å². The lowest BCUT2D eigenvalue weighted by molar-refractivity contribution is 1.22. The third-order valence-electron chi connectivity index (χ3n) is 5.83. The van der Waals surface area contributed by atoms with Gasteiger partial charge in [-0.05, 0) is 67.8 Å². The highest BCUT2D eigenvalue weighted by Gasteiger charge is 2.16. The van der Waals surface area contributed by atoms with Crippen molar-refractivity contribution in [2.45, 2.75) is 20.8 Å². The highest BCUT2D eigenvalue weighted by Crippen LogP contribution is 2.37. The second kappa shape index (κ2) is 10.6. The number of hydrogen-bond acceptors (Lipinski definition) is 3. The van der Waals surface area contributed by atoms with Crippen LogP contribution in [0, 0.1) is 13.8 Å². The van der Waals surface area contributed by atoms with Crippen LogP contribution in [0.4, 0.5) is 17.1 Å². The fraction of sp³-hybridized carbons (Fsp3) is 0.0968. The second-order valence-corrected chi connectivity index (χ2v) is 8.20. The molecule has 0 spiro atoms. The summed E-state index contributed by atoms with van der Waals surface area (Å²) in [5.74, 6) is 0. The van der Waals surface area contributed by atoms with Gasteiger partial charge in [0, 0.05) is 22.6 Å². The lowest BCUT2D eigenvalue weighted by Crippen LogP contribution is -2.12. The van der Waals surface area contributed by atoms with Crippen LogP contribution in [0.2, 0.25) is 0 Å². The molecular weight excluding hydrogens is 414 g/mol. The minimum absolute atomic E-state index is 0.752. The smallest absolute Gasteiger partial charge is 0.0923 e. The van der Waals surface area contributed by atoms with E-state index in [2.05, 4.69) is 108 Å². The molecule has 0 aliphatic heterocycles. The van der Waals surface area contributed by atoms with Crippen molar-refractivity contribution in [3.8, 4) is 0 Å². The standard InChI is InChI=1S/C31H29N3/c1-5-29(27-15-7-6-8-16-27)33-32-25(4)26-19-21-28(22-20-26)34(30-17-11-9-13-23(30)2)31-18-12-10-14-24(31)3/h5-22H,1H2,2-4H3/b32-25+,33-29+. The Morgan fingerprint density at radius 2 is 1.18 bits per heavy atom. The molecule has 4 aromatic carbocycles. The molecule has 34 heavy (non-hydrogen) atoms. The summed E-state index contributed by atoms with van der Waals surface area (Å²) in [5, 5.41) is 8.92. The molecule has 3 heteroatoms. The van der Waals surface area contributed by atoms with E-state index >= 15 is 0 Å². The molecule has 4 rings (SSSR count). The third kappa shape index (κ3) is 5.05. The zero-order valence-electron chi connectivity index (χ0n) is 19.9. The molecular formula is C31H29N3. The molecule has 0 saturated heterocycles. The molecule has 4 aromatic rings. The van der Waals surface area contributed by atoms with Crippen molar-refractivity contribution in [3.05, 3.63) is 138 Å². The minimum atomic E-state index is 0.752. The maximum Gasteiger partial charge on any atom is 0.0923 e. The maximum absolute atomic E-state index is 4.48. The van der Waals surface area contributed by atoms with Gasteiger partial charge >= 0.3 is 0 Å². The van der Waals surface area contributed by atoms with E-state index in [1.165, 1.54) is 11.1 Å². The Bertz CT molecular complexity index is 1290. The van der Waals surface area contributed by atoms with Gasteiger partial charge in [-0.15, -0.1) is 0 Å². The van der Waals surface area contributed by atoms with E-state index in [9.17, 15) is 0 Å². The van der Waals surface area contributed by atoms with Crippen LogP contribution in [0.1, 0.15) is 29.2 Å². The molecule has 0 aliphatic carbocycles. The van der Waals surface area contributed by atoms with E-state index in [4.69, 9.17) is 0 Å². The molecule has 0 bridgehead atoms. The second-order valence-electron chi connectivity index (χ2n) is 8.20. The summed E-state index contributed by atoms with van der Waals surface area (Å²) in [5.41, 5.74) is 9.49. The molecule has 0 saturated carbocycles. The van der Waals surface area contributed by atoms with Crippen molar-refractivity contribution in [2.75, 3.05) is 4.90 Å². The van der Waals surface area contributed by atoms with Crippen molar-refractivity contribution >= 4 is 28.5 Å². The Hall–Kier alpha value is -4.24. The Kier molecular flexibility index (Phi) is 7.14. The van der Waals surface area contributed by atoms with Crippen molar-refractivity contribution in [2.24, 2.45) is 10.2 Å². The lowest BCUT2D eigenvalue weighted by atomic mass is 10.1. The number of hydrogen-bond donors (Lipinski definition) is 0. The van der Waals surface area contributed by atoms with Crippen LogP contribution >= 0.6 is 0 Å². The van der Waals surface area contributed by atoms with Gasteiger partial charge in [0.2, 0.25) is 0 Å². The van der Waals surface area contributed by atoms with Crippen LogP contribution in [0.3, 0.4) is 0 Å². The summed E-state index contributed by atoms with van der Waals surface area (Å²) in [6.45, 7) is 10.2. The molecule has 0 fully saturated rings. The predicted molar refractivity (Wildman–Crippen MR) is 146 cm³/mol. The van der Waals surface area contributed by atoms with E-state index in [1.807, 2.05) is 37.3 Å². The summed E-state index contributed by atoms with van der Waals surface area (Å²) in [6, 6.07) is 35.4. The number of aryl methyl sites for hydroxylation is 2. The largest absolute Gasteiger partial charge is 0.310 e. The fourth-order valence-electron chi connectivity index (χ4n) is 3.90. The number of nitrogens with zero attached hydrogens (tertiary/aromatic N) is 3. The van der Waals surface area contributed by atoms with Crippen molar-refractivity contribution in [1.82, 2.24) is 0 Å². The molecule has 0 N–H and O–H groups in total. The number of anilines is 3. The predicted octanol–water partition coefficient (Wildman–Crippen LogP) is 8.17. The first-order chi connectivity index (χ1) is 16.6. The van der Waals surface area contributed by atoms with Crippen LogP contribution in [0.15, 0.2) is 126 Å². The van der Waals surface area contributed by atoms with Crippen LogP contribution in [0.5, 0.6) is 0 Å². The first kappa shape index (κ1) is 22.9. The highest BCUT2D eigenvalue weighted by molar-refractivity contribution is 6.09. The molecule has 0 heterocycles. The van der Waals surface area contributed by atoms with Crippen molar-refractivity contribution in [3.63, 3.8) is 0 Å². The van der Waals surface area contributed by atoms with E-state index < -0.39 is 0 Å². The molecule has 0 aliphatic rings. The van der Waals surface area contributed by atoms with Gasteiger partial charge in [-0.25, -0.2) is 0 Å². The number of benzene rings is 4. The molecule has 168 valence electrons. The average molecular weight is 444 g/mol. The maximum atomic E-state index is 4.48. The van der Waals surface area contributed by atoms with Gasteiger partial charge in [-0.1, -0.05) is 85.4 Å². The van der Waals surface area contributed by atoms with Crippen LogP contribution in [-0.2, 0) is 0 Å². The summed E-state index contributed by atoms with van der Waals surface area (Å²) >= 11 is 0. The molecule has 0 unspecified atom stereocenters. The van der Waals surface area contributed by atoms with E-state index in [-0.39, 0.29) is 0 Å². The van der Waals surface area contributed by atoms with Crippen molar-refractivity contribution < 1.29 is 0 Å². The first-order valence-electron chi connectivity index (χ1n) is 11.4. The van der Waals surface area contributed by atoms with Crippen LogP contribution in [-0.4, -0.2) is 11.4 Å². The van der Waals surface area contributed by atoms with Crippen molar-refractivity contribution in [1.29, 1.82) is 0 Å². The van der Waals surface area contributed by atoms with Crippen LogP contribution < -0.4 is 4.90 Å². The van der Waals surface area contributed by atoms with E-state index in [0.29, 0.717) is 0 Å². The van der Waals surface area contributed by atoms with Gasteiger partial charge in [0.25, 0.3) is 0 Å². The monoisotopic (exact) mass is 443 g/mol. The number of allylic oxidation sites excluding steroid dienone is 1. The Labute approximate surface area is 202 Å². The molecule has 0 radical (unpaired) electrons. The Morgan fingerprint density at radius 1 is 0.647 bits per heavy atom. The van der Waals surface area contributed by atoms with Gasteiger partial charge < -0.3 is 4.90 Å².